The van der Waals surface area contributed by atoms with Crippen molar-refractivity contribution >= 4 is 27.6 Å². The Morgan fingerprint density at radius 3 is 2.38 bits per heavy atom. The van der Waals surface area contributed by atoms with Gasteiger partial charge in [-0.2, -0.15) is 0 Å². The average Bonchev–Trinajstić information content (AvgIpc) is 3.13. The summed E-state index contributed by atoms with van der Waals surface area (Å²) in [5.74, 6) is -0.853. The molecule has 2 atom stereocenters. The third kappa shape index (κ3) is 6.27. The zero-order valence-corrected chi connectivity index (χ0v) is 18.1. The molecule has 3 rings (SSSR count). The molecule has 0 N–H and O–H groups in total. The average molecular weight is 462 g/mol. The van der Waals surface area contributed by atoms with Crippen LogP contribution in [-0.2, 0) is 25.9 Å². The summed E-state index contributed by atoms with van der Waals surface area (Å²) in [5.41, 5.74) is 0.803. The standard InChI is InChI=1S/C21H22N2O8S/c1-32(28,29)14-18-11-19(31-20(24)16-5-3-2-4-6-16)12-22(18)21(25)30-13-15-7-9-17(10-8-15)23(26)27/h2-10,18-19H,11-14H2,1H3/t18-,19+/m0/s1. The number of amides is 1. The van der Waals surface area contributed by atoms with Crippen molar-refractivity contribution in [1.29, 1.82) is 0 Å². The molecule has 1 saturated heterocycles. The molecule has 170 valence electrons. The van der Waals surface area contributed by atoms with Crippen LogP contribution in [0.2, 0.25) is 0 Å². The van der Waals surface area contributed by atoms with Gasteiger partial charge in [-0.3, -0.25) is 10.1 Å². The van der Waals surface area contributed by atoms with E-state index in [2.05, 4.69) is 0 Å². The third-order valence-electron chi connectivity index (χ3n) is 4.90. The molecule has 1 amide bonds. The lowest BCUT2D eigenvalue weighted by molar-refractivity contribution is -0.384. The van der Waals surface area contributed by atoms with E-state index in [1.807, 2.05) is 0 Å². The number of ether oxygens (including phenoxy) is 2. The molecule has 1 aliphatic heterocycles. The predicted molar refractivity (Wildman–Crippen MR) is 114 cm³/mol. The van der Waals surface area contributed by atoms with Crippen LogP contribution in [0.3, 0.4) is 0 Å². The lowest BCUT2D eigenvalue weighted by Crippen LogP contribution is -2.40. The first-order valence-corrected chi connectivity index (χ1v) is 11.8. The van der Waals surface area contributed by atoms with Gasteiger partial charge in [0.1, 0.15) is 22.5 Å². The summed E-state index contributed by atoms with van der Waals surface area (Å²) in [7, 11) is -3.41. The van der Waals surface area contributed by atoms with Crippen molar-refractivity contribution in [3.05, 3.63) is 75.8 Å². The predicted octanol–water partition coefficient (Wildman–Crippen LogP) is 2.58. The van der Waals surface area contributed by atoms with Crippen LogP contribution in [0.5, 0.6) is 0 Å². The van der Waals surface area contributed by atoms with Gasteiger partial charge in [-0.25, -0.2) is 18.0 Å². The van der Waals surface area contributed by atoms with Gasteiger partial charge < -0.3 is 14.4 Å². The highest BCUT2D eigenvalue weighted by Gasteiger charge is 2.40. The van der Waals surface area contributed by atoms with Crippen LogP contribution in [0, 0.1) is 10.1 Å². The van der Waals surface area contributed by atoms with Gasteiger partial charge in [0.25, 0.3) is 5.69 Å². The van der Waals surface area contributed by atoms with Gasteiger partial charge in [0.05, 0.1) is 28.8 Å². The number of hydrogen-bond donors (Lipinski definition) is 0. The fourth-order valence-corrected chi connectivity index (χ4v) is 4.44. The molecule has 2 aromatic rings. The Labute approximate surface area is 184 Å². The molecule has 1 aliphatic rings. The molecular formula is C21H22N2O8S. The molecule has 10 nitrogen and oxygen atoms in total. The van der Waals surface area contributed by atoms with Gasteiger partial charge in [-0.05, 0) is 29.8 Å². The summed E-state index contributed by atoms with van der Waals surface area (Å²) in [6.07, 6.45) is -0.203. The van der Waals surface area contributed by atoms with Crippen molar-refractivity contribution in [3.63, 3.8) is 0 Å². The minimum Gasteiger partial charge on any atom is -0.457 e. The number of hydrogen-bond acceptors (Lipinski definition) is 8. The smallest absolute Gasteiger partial charge is 0.410 e. The van der Waals surface area contributed by atoms with Crippen molar-refractivity contribution in [2.24, 2.45) is 0 Å². The number of rotatable bonds is 7. The van der Waals surface area contributed by atoms with Crippen molar-refractivity contribution < 1.29 is 32.4 Å². The number of nitro benzene ring substituents is 1. The van der Waals surface area contributed by atoms with Gasteiger partial charge >= 0.3 is 12.1 Å². The van der Waals surface area contributed by atoms with E-state index in [1.54, 1.807) is 30.3 Å². The zero-order chi connectivity index (χ0) is 23.3. The Hall–Kier alpha value is -3.47. The number of carbonyl (C=O) groups excluding carboxylic acids is 2. The van der Waals surface area contributed by atoms with Gasteiger partial charge in [0.15, 0.2) is 0 Å². The number of sulfone groups is 1. The monoisotopic (exact) mass is 462 g/mol. The first-order valence-electron chi connectivity index (χ1n) is 9.73. The van der Waals surface area contributed by atoms with Crippen LogP contribution in [0.25, 0.3) is 0 Å². The molecule has 0 radical (unpaired) electrons. The van der Waals surface area contributed by atoms with Crippen LogP contribution in [0.15, 0.2) is 54.6 Å². The van der Waals surface area contributed by atoms with Crippen LogP contribution in [0.1, 0.15) is 22.3 Å². The number of likely N-dealkylation sites (tertiary alicyclic amines) is 1. The van der Waals surface area contributed by atoms with Crippen LogP contribution < -0.4 is 0 Å². The van der Waals surface area contributed by atoms with Crippen LogP contribution in [0.4, 0.5) is 10.5 Å². The van der Waals surface area contributed by atoms with Gasteiger partial charge in [-0.1, -0.05) is 18.2 Å². The lowest BCUT2D eigenvalue weighted by atomic mass is 10.2. The first kappa shape index (κ1) is 23.2. The second-order valence-corrected chi connectivity index (χ2v) is 9.69. The summed E-state index contributed by atoms with van der Waals surface area (Å²) in [5, 5.41) is 10.7. The number of esters is 1. The van der Waals surface area contributed by atoms with Crippen molar-refractivity contribution in [2.75, 3.05) is 18.6 Å². The molecular weight excluding hydrogens is 440 g/mol. The Morgan fingerprint density at radius 1 is 1.12 bits per heavy atom. The second kappa shape index (κ2) is 9.77. The van der Waals surface area contributed by atoms with E-state index in [-0.39, 0.29) is 31.0 Å². The Morgan fingerprint density at radius 2 is 1.78 bits per heavy atom. The van der Waals surface area contributed by atoms with E-state index in [0.29, 0.717) is 11.1 Å². The minimum atomic E-state index is -3.41. The van der Waals surface area contributed by atoms with Gasteiger partial charge in [0.2, 0.25) is 0 Å². The molecule has 32 heavy (non-hydrogen) atoms. The maximum absolute atomic E-state index is 12.7. The first-order chi connectivity index (χ1) is 15.1. The van der Waals surface area contributed by atoms with Crippen LogP contribution in [-0.4, -0.2) is 61.0 Å². The van der Waals surface area contributed by atoms with Crippen LogP contribution >= 0.6 is 0 Å². The summed E-state index contributed by atoms with van der Waals surface area (Å²) in [4.78, 5) is 36.4. The second-order valence-electron chi connectivity index (χ2n) is 7.51. The quantitative estimate of drug-likeness (QED) is 0.348. The third-order valence-corrected chi connectivity index (χ3v) is 5.89. The molecule has 11 heteroatoms. The van der Waals surface area contributed by atoms with E-state index in [9.17, 15) is 28.1 Å². The highest BCUT2D eigenvalue weighted by molar-refractivity contribution is 7.90. The minimum absolute atomic E-state index is 0.00213. The molecule has 0 aliphatic carbocycles. The Balaban J connectivity index is 1.65. The molecule has 0 spiro atoms. The normalized spacial score (nSPS) is 18.2. The van der Waals surface area contributed by atoms with E-state index >= 15 is 0 Å². The van der Waals surface area contributed by atoms with E-state index in [4.69, 9.17) is 9.47 Å². The highest BCUT2D eigenvalue weighted by atomic mass is 32.2. The van der Waals surface area contributed by atoms with Crippen molar-refractivity contribution in [1.82, 2.24) is 4.90 Å². The summed E-state index contributed by atoms with van der Waals surface area (Å²) in [6, 6.07) is 13.2. The zero-order valence-electron chi connectivity index (χ0n) is 17.2. The molecule has 0 bridgehead atoms. The molecule has 1 heterocycles. The van der Waals surface area contributed by atoms with E-state index in [1.165, 1.54) is 29.2 Å². The van der Waals surface area contributed by atoms with Crippen molar-refractivity contribution in [2.45, 2.75) is 25.2 Å². The van der Waals surface area contributed by atoms with Gasteiger partial charge in [-0.15, -0.1) is 0 Å². The van der Waals surface area contributed by atoms with Gasteiger partial charge in [0, 0.05) is 24.8 Å². The maximum atomic E-state index is 12.7. The summed E-state index contributed by atoms with van der Waals surface area (Å²) in [6.45, 7) is -0.148. The van der Waals surface area contributed by atoms with Crippen molar-refractivity contribution in [3.8, 4) is 0 Å². The maximum Gasteiger partial charge on any atom is 0.410 e. The fourth-order valence-electron chi connectivity index (χ4n) is 3.43. The molecule has 0 saturated carbocycles. The summed E-state index contributed by atoms with van der Waals surface area (Å²) >= 11 is 0. The number of carbonyl (C=O) groups is 2. The highest BCUT2D eigenvalue weighted by Crippen LogP contribution is 2.24. The van der Waals surface area contributed by atoms with E-state index in [0.717, 1.165) is 6.26 Å². The van der Waals surface area contributed by atoms with E-state index < -0.39 is 39.0 Å². The number of nitrogens with zero attached hydrogens (tertiary/aromatic N) is 2. The number of benzene rings is 2. The lowest BCUT2D eigenvalue weighted by Gasteiger charge is -2.23. The molecule has 2 aromatic carbocycles. The molecule has 0 unspecified atom stereocenters. The number of non-ortho nitro benzene ring substituents is 1. The number of nitro groups is 1. The molecule has 0 aromatic heterocycles. The topological polar surface area (TPSA) is 133 Å². The summed E-state index contributed by atoms with van der Waals surface area (Å²) < 4.78 is 34.4. The fraction of sp³-hybridized carbons (Fsp3) is 0.333. The molecule has 1 fully saturated rings. The Kier molecular flexibility index (Phi) is 7.08. The Bertz CT molecular complexity index is 1090. The largest absolute Gasteiger partial charge is 0.457 e. The SMILES string of the molecule is CS(=O)(=O)C[C@@H]1C[C@@H](OC(=O)c2ccccc2)CN1C(=O)OCc1ccc([N+](=O)[O-])cc1.